The third-order valence-electron chi connectivity index (χ3n) is 4.16. The predicted octanol–water partition coefficient (Wildman–Crippen LogP) is 0.795. The minimum Gasteiger partial charge on any atom is -0.480 e. The Morgan fingerprint density at radius 2 is 2.00 bits per heavy atom. The molecule has 106 valence electrons. The maximum Gasteiger partial charge on any atom is 0.329 e. The number of hydrogen-bond donors (Lipinski definition) is 1. The standard InChI is InChI=1S/C13H19NO5/c1-19-8-9(11(16)17)14-10(15)7-13(12(14)18)5-3-2-4-6-13/h9H,2-8H2,1H3,(H,16,17). The van der Waals surface area contributed by atoms with Gasteiger partial charge in [0.15, 0.2) is 6.04 Å². The molecule has 0 bridgehead atoms. The van der Waals surface area contributed by atoms with Crippen LogP contribution in [0.4, 0.5) is 0 Å². The van der Waals surface area contributed by atoms with Gasteiger partial charge in [-0.3, -0.25) is 14.5 Å². The molecule has 2 fully saturated rings. The number of carboxylic acids is 1. The number of aliphatic carboxylic acids is 1. The monoisotopic (exact) mass is 269 g/mol. The molecule has 0 aromatic heterocycles. The van der Waals surface area contributed by atoms with Crippen molar-refractivity contribution in [1.29, 1.82) is 0 Å². The predicted molar refractivity (Wildman–Crippen MR) is 65.3 cm³/mol. The van der Waals surface area contributed by atoms with Crippen LogP contribution in [0.3, 0.4) is 0 Å². The molecule has 1 N–H and O–H groups in total. The molecule has 1 saturated heterocycles. The molecule has 1 atom stereocenters. The van der Waals surface area contributed by atoms with E-state index in [4.69, 9.17) is 9.84 Å². The number of nitrogens with zero attached hydrogens (tertiary/aromatic N) is 1. The molecule has 2 amide bonds. The third-order valence-corrected chi connectivity index (χ3v) is 4.16. The van der Waals surface area contributed by atoms with Crippen molar-refractivity contribution >= 4 is 17.8 Å². The lowest BCUT2D eigenvalue weighted by molar-refractivity contribution is -0.158. The van der Waals surface area contributed by atoms with E-state index in [2.05, 4.69) is 0 Å². The molecule has 19 heavy (non-hydrogen) atoms. The number of carbonyl (C=O) groups excluding carboxylic acids is 2. The van der Waals surface area contributed by atoms with E-state index in [1.54, 1.807) is 0 Å². The van der Waals surface area contributed by atoms with Crippen LogP contribution in [0.25, 0.3) is 0 Å². The number of rotatable bonds is 4. The zero-order valence-electron chi connectivity index (χ0n) is 11.1. The fourth-order valence-electron chi connectivity index (χ4n) is 3.17. The average Bonchev–Trinajstić information content (AvgIpc) is 2.60. The van der Waals surface area contributed by atoms with Crippen molar-refractivity contribution in [2.75, 3.05) is 13.7 Å². The molecule has 1 saturated carbocycles. The van der Waals surface area contributed by atoms with Gasteiger partial charge in [-0.25, -0.2) is 4.79 Å². The Kier molecular flexibility index (Phi) is 3.89. The first-order valence-corrected chi connectivity index (χ1v) is 6.60. The van der Waals surface area contributed by atoms with Gasteiger partial charge in [-0.15, -0.1) is 0 Å². The van der Waals surface area contributed by atoms with Crippen molar-refractivity contribution in [2.24, 2.45) is 5.41 Å². The highest BCUT2D eigenvalue weighted by Crippen LogP contribution is 2.45. The van der Waals surface area contributed by atoms with Crippen molar-refractivity contribution in [3.8, 4) is 0 Å². The topological polar surface area (TPSA) is 83.9 Å². The Bertz CT molecular complexity index is 400. The molecule has 1 spiro atoms. The van der Waals surface area contributed by atoms with E-state index in [9.17, 15) is 14.4 Å². The smallest absolute Gasteiger partial charge is 0.329 e. The average molecular weight is 269 g/mol. The van der Waals surface area contributed by atoms with E-state index >= 15 is 0 Å². The van der Waals surface area contributed by atoms with Crippen molar-refractivity contribution in [3.63, 3.8) is 0 Å². The Balaban J connectivity index is 2.24. The number of ether oxygens (including phenoxy) is 1. The van der Waals surface area contributed by atoms with Crippen molar-refractivity contribution in [1.82, 2.24) is 4.90 Å². The van der Waals surface area contributed by atoms with Crippen LogP contribution >= 0.6 is 0 Å². The van der Waals surface area contributed by atoms with Gasteiger partial charge in [0.05, 0.1) is 12.0 Å². The maximum absolute atomic E-state index is 12.5. The Morgan fingerprint density at radius 3 is 2.53 bits per heavy atom. The molecule has 0 aromatic carbocycles. The maximum atomic E-state index is 12.5. The third kappa shape index (κ3) is 2.36. The number of methoxy groups -OCH3 is 1. The summed E-state index contributed by atoms with van der Waals surface area (Å²) in [5.41, 5.74) is -0.642. The molecule has 2 rings (SSSR count). The zero-order chi connectivity index (χ0) is 14.0. The lowest BCUT2D eigenvalue weighted by Gasteiger charge is -2.31. The fraction of sp³-hybridized carbons (Fsp3) is 0.769. The van der Waals surface area contributed by atoms with Gasteiger partial charge in [-0.05, 0) is 12.8 Å². The van der Waals surface area contributed by atoms with Gasteiger partial charge in [0.25, 0.3) is 0 Å². The summed E-state index contributed by atoms with van der Waals surface area (Å²) in [7, 11) is 1.36. The van der Waals surface area contributed by atoms with Gasteiger partial charge < -0.3 is 9.84 Å². The van der Waals surface area contributed by atoms with E-state index in [1.165, 1.54) is 7.11 Å². The lowest BCUT2D eigenvalue weighted by Crippen LogP contribution is -2.49. The first kappa shape index (κ1) is 14.0. The number of amides is 2. The van der Waals surface area contributed by atoms with Crippen LogP contribution in [0.5, 0.6) is 0 Å². The van der Waals surface area contributed by atoms with E-state index in [1.807, 2.05) is 0 Å². The zero-order valence-corrected chi connectivity index (χ0v) is 11.1. The number of carboxylic acid groups (broad SMARTS) is 1. The Hall–Kier alpha value is -1.43. The van der Waals surface area contributed by atoms with E-state index < -0.39 is 17.4 Å². The molecular weight excluding hydrogens is 250 g/mol. The summed E-state index contributed by atoms with van der Waals surface area (Å²) < 4.78 is 4.82. The molecule has 1 aliphatic carbocycles. The van der Waals surface area contributed by atoms with Crippen LogP contribution in [-0.4, -0.2) is 47.5 Å². The van der Waals surface area contributed by atoms with E-state index in [0.717, 1.165) is 24.2 Å². The van der Waals surface area contributed by atoms with Gasteiger partial charge in [-0.2, -0.15) is 0 Å². The summed E-state index contributed by atoms with van der Waals surface area (Å²) in [4.78, 5) is 36.7. The van der Waals surface area contributed by atoms with Gasteiger partial charge in [-0.1, -0.05) is 19.3 Å². The van der Waals surface area contributed by atoms with Crippen LogP contribution in [0, 0.1) is 5.41 Å². The highest BCUT2D eigenvalue weighted by molar-refractivity contribution is 6.08. The van der Waals surface area contributed by atoms with Crippen molar-refractivity contribution in [3.05, 3.63) is 0 Å². The van der Waals surface area contributed by atoms with Gasteiger partial charge in [0.2, 0.25) is 11.8 Å². The number of carbonyl (C=O) groups is 3. The van der Waals surface area contributed by atoms with Crippen molar-refractivity contribution in [2.45, 2.75) is 44.6 Å². The Morgan fingerprint density at radius 1 is 1.37 bits per heavy atom. The van der Waals surface area contributed by atoms with E-state index in [-0.39, 0.29) is 24.8 Å². The van der Waals surface area contributed by atoms with Crippen molar-refractivity contribution < 1.29 is 24.2 Å². The second-order valence-electron chi connectivity index (χ2n) is 5.40. The minimum absolute atomic E-state index is 0.152. The van der Waals surface area contributed by atoms with Crippen LogP contribution in [0.2, 0.25) is 0 Å². The molecule has 1 unspecified atom stereocenters. The normalized spacial score (nSPS) is 23.9. The molecular formula is C13H19NO5. The fourth-order valence-corrected chi connectivity index (χ4v) is 3.17. The first-order chi connectivity index (χ1) is 9.02. The van der Waals surface area contributed by atoms with Gasteiger partial charge >= 0.3 is 5.97 Å². The molecule has 0 radical (unpaired) electrons. The van der Waals surface area contributed by atoms with Crippen LogP contribution in [-0.2, 0) is 19.1 Å². The highest BCUT2D eigenvalue weighted by Gasteiger charge is 2.54. The SMILES string of the molecule is COCC(C(=O)O)N1C(=O)CC2(CCCCC2)C1=O. The summed E-state index contributed by atoms with van der Waals surface area (Å²) in [5, 5.41) is 9.16. The molecule has 0 aromatic rings. The number of hydrogen-bond acceptors (Lipinski definition) is 4. The number of likely N-dealkylation sites (tertiary alicyclic amines) is 1. The number of imide groups is 1. The first-order valence-electron chi connectivity index (χ1n) is 6.60. The van der Waals surface area contributed by atoms with Crippen LogP contribution in [0.1, 0.15) is 38.5 Å². The molecule has 2 aliphatic rings. The summed E-state index contributed by atoms with van der Waals surface area (Å²) in [6.07, 6.45) is 4.45. The molecule has 6 nitrogen and oxygen atoms in total. The largest absolute Gasteiger partial charge is 0.480 e. The lowest BCUT2D eigenvalue weighted by atomic mass is 9.73. The van der Waals surface area contributed by atoms with Gasteiger partial charge in [0, 0.05) is 13.5 Å². The van der Waals surface area contributed by atoms with Gasteiger partial charge in [0.1, 0.15) is 0 Å². The second-order valence-corrected chi connectivity index (χ2v) is 5.40. The molecule has 1 heterocycles. The molecule has 6 heteroatoms. The summed E-state index contributed by atoms with van der Waals surface area (Å²) >= 11 is 0. The second kappa shape index (κ2) is 5.28. The quantitative estimate of drug-likeness (QED) is 0.763. The summed E-state index contributed by atoms with van der Waals surface area (Å²) in [6.45, 7) is -0.164. The Labute approximate surface area is 111 Å². The van der Waals surface area contributed by atoms with Crippen LogP contribution < -0.4 is 0 Å². The van der Waals surface area contributed by atoms with E-state index in [0.29, 0.717) is 12.8 Å². The van der Waals surface area contributed by atoms with Crippen LogP contribution in [0.15, 0.2) is 0 Å². The summed E-state index contributed by atoms with van der Waals surface area (Å²) in [5.74, 6) is -1.89. The highest BCUT2D eigenvalue weighted by atomic mass is 16.5. The minimum atomic E-state index is -1.20. The summed E-state index contributed by atoms with van der Waals surface area (Å²) in [6, 6.07) is -1.20. The molecule has 1 aliphatic heterocycles.